The molecule has 7 nitrogen and oxygen atoms in total. The van der Waals surface area contributed by atoms with E-state index >= 15 is 0 Å². The lowest BCUT2D eigenvalue weighted by Crippen LogP contribution is -2.42. The van der Waals surface area contributed by atoms with Crippen LogP contribution in [0, 0.1) is 43.3 Å². The van der Waals surface area contributed by atoms with Crippen LogP contribution in [0.5, 0.6) is 0 Å². The number of rotatable bonds is 6. The highest BCUT2D eigenvalue weighted by Gasteiger charge is 2.33. The average molecular weight is 443 g/mol. The fraction of sp³-hybridized carbons (Fsp3) is 0.364. The van der Waals surface area contributed by atoms with E-state index in [9.17, 15) is 22.9 Å². The van der Waals surface area contributed by atoms with Gasteiger partial charge in [0.1, 0.15) is 17.7 Å². The molecule has 1 N–H and O–H groups in total. The Morgan fingerprint density at radius 2 is 2.03 bits per heavy atom. The van der Waals surface area contributed by atoms with Crippen LogP contribution in [0.4, 0.5) is 10.2 Å². The predicted molar refractivity (Wildman–Crippen MR) is 116 cm³/mol. The Labute approximate surface area is 181 Å². The summed E-state index contributed by atoms with van der Waals surface area (Å²) in [5.74, 6) is 1.99. The predicted octanol–water partition coefficient (Wildman–Crippen LogP) is 2.17. The molecule has 3 rings (SSSR count). The molecule has 1 aliphatic heterocycles. The molecule has 2 heterocycles. The van der Waals surface area contributed by atoms with Crippen molar-refractivity contribution in [2.45, 2.75) is 26.3 Å². The monoisotopic (exact) mass is 442 g/mol. The maximum absolute atomic E-state index is 13.4. The molecule has 0 bridgehead atoms. The van der Waals surface area contributed by atoms with Gasteiger partial charge in [0.25, 0.3) is 0 Å². The normalized spacial score (nSPS) is 17.3. The van der Waals surface area contributed by atoms with Gasteiger partial charge in [0.15, 0.2) is 9.84 Å². The summed E-state index contributed by atoms with van der Waals surface area (Å²) in [6.07, 6.45) is 5.84. The molecule has 0 saturated carbocycles. The number of anilines is 1. The van der Waals surface area contributed by atoms with Gasteiger partial charge in [0.05, 0.1) is 30.2 Å². The van der Waals surface area contributed by atoms with Crippen molar-refractivity contribution in [2.75, 3.05) is 29.9 Å². The molecule has 1 aromatic carbocycles. The van der Waals surface area contributed by atoms with Crippen molar-refractivity contribution in [3.8, 4) is 24.1 Å². The Balaban J connectivity index is 1.90. The van der Waals surface area contributed by atoms with Crippen molar-refractivity contribution in [3.05, 3.63) is 46.9 Å². The molecule has 1 unspecified atom stereocenters. The summed E-state index contributed by atoms with van der Waals surface area (Å²) in [6.45, 7) is 3.61. The molecule has 1 fully saturated rings. The Kier molecular flexibility index (Phi) is 6.49. The molecule has 0 radical (unpaired) electrons. The summed E-state index contributed by atoms with van der Waals surface area (Å²) in [5.41, 5.74) is 2.34. The third-order valence-corrected chi connectivity index (χ3v) is 7.28. The van der Waals surface area contributed by atoms with Crippen molar-refractivity contribution in [2.24, 2.45) is 0 Å². The fourth-order valence-corrected chi connectivity index (χ4v) is 5.59. The van der Waals surface area contributed by atoms with Gasteiger partial charge in [-0.2, -0.15) is 5.26 Å². The quantitative estimate of drug-likeness (QED) is 0.692. The molecule has 1 atom stereocenters. The van der Waals surface area contributed by atoms with E-state index in [0.717, 1.165) is 5.69 Å². The number of aromatic nitrogens is 1. The number of nitrogens with zero attached hydrogens (tertiary/aromatic N) is 3. The van der Waals surface area contributed by atoms with Gasteiger partial charge in [0.2, 0.25) is 5.91 Å². The first-order valence-electron chi connectivity index (χ1n) is 9.72. The number of amides is 1. The van der Waals surface area contributed by atoms with Crippen LogP contribution >= 0.6 is 0 Å². The molecular formula is C22H23FN4O3S. The Morgan fingerprint density at radius 3 is 2.58 bits per heavy atom. The van der Waals surface area contributed by atoms with Gasteiger partial charge < -0.3 is 5.32 Å². The van der Waals surface area contributed by atoms with Crippen LogP contribution in [0.3, 0.4) is 0 Å². The molecule has 31 heavy (non-hydrogen) atoms. The lowest BCUT2D eigenvalue weighted by atomic mass is 10.2. The van der Waals surface area contributed by atoms with E-state index < -0.39 is 21.6 Å². The molecule has 1 saturated heterocycles. The van der Waals surface area contributed by atoms with E-state index in [0.29, 0.717) is 23.2 Å². The van der Waals surface area contributed by atoms with Crippen LogP contribution in [0.2, 0.25) is 0 Å². The lowest BCUT2D eigenvalue weighted by Gasteiger charge is -2.25. The Hall–Kier alpha value is -3.14. The van der Waals surface area contributed by atoms with E-state index in [-0.39, 0.29) is 36.5 Å². The van der Waals surface area contributed by atoms with Crippen molar-refractivity contribution in [3.63, 3.8) is 0 Å². The Morgan fingerprint density at radius 1 is 1.35 bits per heavy atom. The second kappa shape index (κ2) is 8.93. The van der Waals surface area contributed by atoms with Crippen LogP contribution in [0.15, 0.2) is 24.3 Å². The maximum atomic E-state index is 13.4. The van der Waals surface area contributed by atoms with Crippen molar-refractivity contribution in [1.29, 1.82) is 5.26 Å². The van der Waals surface area contributed by atoms with Crippen molar-refractivity contribution < 1.29 is 17.6 Å². The standard InChI is InChI=1S/C22H23FN4O3S/c1-4-10-26(19-9-11-31(29,30)14-19)13-21(28)25-22-20(12-24)15(2)16(3)27(22)18-7-5-17(23)6-8-18/h1,5-8,19H,9-11,13-14H2,2-3H3,(H,25,28). The molecule has 2 aromatic rings. The zero-order valence-electron chi connectivity index (χ0n) is 17.4. The number of carbonyl (C=O) groups excluding carboxylic acids is 1. The van der Waals surface area contributed by atoms with Gasteiger partial charge in [-0.05, 0) is 50.1 Å². The second-order valence-corrected chi connectivity index (χ2v) is 9.80. The first-order chi connectivity index (χ1) is 14.7. The molecule has 1 aromatic heterocycles. The molecule has 0 aliphatic carbocycles. The first kappa shape index (κ1) is 22.5. The van der Waals surface area contributed by atoms with E-state index in [2.05, 4.69) is 17.3 Å². The third-order valence-electron chi connectivity index (χ3n) is 5.53. The molecule has 9 heteroatoms. The summed E-state index contributed by atoms with van der Waals surface area (Å²) in [6, 6.07) is 7.53. The highest BCUT2D eigenvalue weighted by atomic mass is 32.2. The largest absolute Gasteiger partial charge is 0.310 e. The summed E-state index contributed by atoms with van der Waals surface area (Å²) in [7, 11) is -3.13. The number of hydrogen-bond acceptors (Lipinski definition) is 5. The molecular weight excluding hydrogens is 419 g/mol. The minimum atomic E-state index is -3.13. The topological polar surface area (TPSA) is 95.2 Å². The van der Waals surface area contributed by atoms with Gasteiger partial charge in [-0.25, -0.2) is 12.8 Å². The molecule has 1 aliphatic rings. The van der Waals surface area contributed by atoms with Gasteiger partial charge in [-0.15, -0.1) is 6.42 Å². The van der Waals surface area contributed by atoms with E-state index in [1.54, 1.807) is 28.5 Å². The number of nitriles is 1. The number of benzene rings is 1. The molecule has 1 amide bonds. The molecule has 0 spiro atoms. The zero-order valence-corrected chi connectivity index (χ0v) is 18.2. The lowest BCUT2D eigenvalue weighted by molar-refractivity contribution is -0.117. The first-order valence-corrected chi connectivity index (χ1v) is 11.5. The highest BCUT2D eigenvalue weighted by molar-refractivity contribution is 7.91. The van der Waals surface area contributed by atoms with Crippen LogP contribution < -0.4 is 5.32 Å². The number of terminal acetylenes is 1. The summed E-state index contributed by atoms with van der Waals surface area (Å²) in [5, 5.41) is 12.4. The number of carbonyl (C=O) groups is 1. The van der Waals surface area contributed by atoms with Gasteiger partial charge in [-0.1, -0.05) is 5.92 Å². The van der Waals surface area contributed by atoms with Gasteiger partial charge >= 0.3 is 0 Å². The Bertz CT molecular complexity index is 1190. The summed E-state index contributed by atoms with van der Waals surface area (Å²) < 4.78 is 38.7. The SMILES string of the molecule is C#CCN(CC(=O)Nc1c(C#N)c(C)c(C)n1-c1ccc(F)cc1)C1CCS(=O)(=O)C1. The smallest absolute Gasteiger partial charge is 0.239 e. The average Bonchev–Trinajstić information content (AvgIpc) is 3.19. The highest BCUT2D eigenvalue weighted by Crippen LogP contribution is 2.30. The van der Waals surface area contributed by atoms with Crippen LogP contribution in [-0.2, 0) is 14.6 Å². The summed E-state index contributed by atoms with van der Waals surface area (Å²) >= 11 is 0. The van der Waals surface area contributed by atoms with Crippen LogP contribution in [-0.4, -0.2) is 54.4 Å². The van der Waals surface area contributed by atoms with Gasteiger partial charge in [-0.3, -0.25) is 14.3 Å². The number of nitrogens with one attached hydrogen (secondary N) is 1. The number of hydrogen-bond donors (Lipinski definition) is 1. The summed E-state index contributed by atoms with van der Waals surface area (Å²) in [4.78, 5) is 14.6. The zero-order chi connectivity index (χ0) is 22.8. The minimum absolute atomic E-state index is 0.0322. The van der Waals surface area contributed by atoms with Crippen molar-refractivity contribution >= 4 is 21.6 Å². The number of halogens is 1. The maximum Gasteiger partial charge on any atom is 0.239 e. The van der Waals surface area contributed by atoms with Crippen molar-refractivity contribution in [1.82, 2.24) is 9.47 Å². The van der Waals surface area contributed by atoms with E-state index in [1.165, 1.54) is 12.1 Å². The minimum Gasteiger partial charge on any atom is -0.310 e. The fourth-order valence-electron chi connectivity index (χ4n) is 3.82. The third kappa shape index (κ3) is 4.79. The van der Waals surface area contributed by atoms with Crippen LogP contribution in [0.25, 0.3) is 5.69 Å². The van der Waals surface area contributed by atoms with Crippen LogP contribution in [0.1, 0.15) is 23.2 Å². The van der Waals surface area contributed by atoms with E-state index in [4.69, 9.17) is 6.42 Å². The second-order valence-electron chi connectivity index (χ2n) is 7.57. The number of sulfone groups is 1. The van der Waals surface area contributed by atoms with Gasteiger partial charge in [0, 0.05) is 17.4 Å². The van der Waals surface area contributed by atoms with E-state index in [1.807, 2.05) is 6.92 Å². The molecule has 162 valence electrons.